The highest BCUT2D eigenvalue weighted by Gasteiger charge is 2.18. The maximum Gasteiger partial charge on any atom is 0.0242 e. The summed E-state index contributed by atoms with van der Waals surface area (Å²) in [6.45, 7) is 12.3. The molecule has 0 saturated heterocycles. The Bertz CT molecular complexity index is 313. The van der Waals surface area contributed by atoms with Gasteiger partial charge in [-0.1, -0.05) is 32.0 Å². The predicted molar refractivity (Wildman–Crippen MR) is 78.7 cm³/mol. The van der Waals surface area contributed by atoms with Gasteiger partial charge in [0.2, 0.25) is 0 Å². The van der Waals surface area contributed by atoms with Crippen molar-refractivity contribution in [3.63, 3.8) is 0 Å². The first-order valence-electron chi connectivity index (χ1n) is 6.35. The van der Waals surface area contributed by atoms with Crippen molar-refractivity contribution in [3.05, 3.63) is 30.3 Å². The Kier molecular flexibility index (Phi) is 5.54. The zero-order valence-electron chi connectivity index (χ0n) is 11.7. The average molecular weight is 251 g/mol. The fraction of sp³-hybridized carbons (Fsp3) is 0.600. The van der Waals surface area contributed by atoms with E-state index in [0.717, 1.165) is 6.54 Å². The molecule has 0 radical (unpaired) electrons. The zero-order chi connectivity index (χ0) is 12.9. The molecule has 1 rings (SSSR count). The van der Waals surface area contributed by atoms with Crippen LogP contribution in [0.1, 0.15) is 34.6 Å². The molecule has 0 fully saturated rings. The SMILES string of the molecule is CC(C)C(CNC(C)(C)C)Sc1ccccc1. The molecule has 0 aliphatic rings. The molecule has 96 valence electrons. The molecule has 1 nitrogen and oxygen atoms in total. The molecule has 1 aromatic carbocycles. The van der Waals surface area contributed by atoms with Crippen LogP contribution in [0.25, 0.3) is 0 Å². The van der Waals surface area contributed by atoms with E-state index >= 15 is 0 Å². The summed E-state index contributed by atoms with van der Waals surface area (Å²) in [5, 5.41) is 4.22. The van der Waals surface area contributed by atoms with Crippen molar-refractivity contribution in [1.82, 2.24) is 5.32 Å². The Morgan fingerprint density at radius 3 is 2.18 bits per heavy atom. The molecule has 17 heavy (non-hydrogen) atoms. The van der Waals surface area contributed by atoms with E-state index in [2.05, 4.69) is 70.3 Å². The quantitative estimate of drug-likeness (QED) is 0.787. The van der Waals surface area contributed by atoms with Crippen LogP contribution in [0.5, 0.6) is 0 Å². The maximum absolute atomic E-state index is 3.60. The lowest BCUT2D eigenvalue weighted by atomic mass is 10.1. The van der Waals surface area contributed by atoms with Gasteiger partial charge in [-0.2, -0.15) is 0 Å². The van der Waals surface area contributed by atoms with Crippen molar-refractivity contribution >= 4 is 11.8 Å². The summed E-state index contributed by atoms with van der Waals surface area (Å²) < 4.78 is 0. The second-order valence-corrected chi connectivity index (χ2v) is 7.16. The first-order valence-corrected chi connectivity index (χ1v) is 7.23. The fourth-order valence-electron chi connectivity index (χ4n) is 1.49. The van der Waals surface area contributed by atoms with Crippen LogP contribution in [0.3, 0.4) is 0 Å². The summed E-state index contributed by atoms with van der Waals surface area (Å²) in [6, 6.07) is 10.7. The van der Waals surface area contributed by atoms with Crippen molar-refractivity contribution < 1.29 is 0 Å². The normalized spacial score (nSPS) is 14.0. The lowest BCUT2D eigenvalue weighted by Gasteiger charge is -2.27. The van der Waals surface area contributed by atoms with Gasteiger partial charge in [-0.05, 0) is 38.8 Å². The van der Waals surface area contributed by atoms with Gasteiger partial charge in [0.1, 0.15) is 0 Å². The summed E-state index contributed by atoms with van der Waals surface area (Å²) in [4.78, 5) is 1.36. The Labute approximate surface area is 110 Å². The molecule has 1 unspecified atom stereocenters. The Balaban J connectivity index is 2.55. The van der Waals surface area contributed by atoms with E-state index in [9.17, 15) is 0 Å². The van der Waals surface area contributed by atoms with Crippen LogP contribution in [-0.4, -0.2) is 17.3 Å². The van der Waals surface area contributed by atoms with Crippen molar-refractivity contribution in [2.75, 3.05) is 6.54 Å². The van der Waals surface area contributed by atoms with Crippen LogP contribution < -0.4 is 5.32 Å². The molecule has 0 saturated carbocycles. The van der Waals surface area contributed by atoms with E-state index < -0.39 is 0 Å². The van der Waals surface area contributed by atoms with Crippen molar-refractivity contribution in [1.29, 1.82) is 0 Å². The maximum atomic E-state index is 3.60. The molecule has 0 spiro atoms. The molecule has 1 aromatic rings. The second kappa shape index (κ2) is 6.46. The standard InChI is InChI=1S/C15H25NS/c1-12(2)14(11-16-15(3,4)5)17-13-9-7-6-8-10-13/h6-10,12,14,16H,11H2,1-5H3. The summed E-state index contributed by atoms with van der Waals surface area (Å²) >= 11 is 1.98. The third-order valence-corrected chi connectivity index (χ3v) is 4.17. The predicted octanol–water partition coefficient (Wildman–Crippen LogP) is 4.19. The number of hydrogen-bond acceptors (Lipinski definition) is 2. The number of thioether (sulfide) groups is 1. The van der Waals surface area contributed by atoms with Crippen LogP contribution in [-0.2, 0) is 0 Å². The van der Waals surface area contributed by atoms with Gasteiger partial charge in [-0.3, -0.25) is 0 Å². The van der Waals surface area contributed by atoms with Gasteiger partial charge in [0.15, 0.2) is 0 Å². The molecule has 0 amide bonds. The average Bonchev–Trinajstić information content (AvgIpc) is 2.24. The lowest BCUT2D eigenvalue weighted by Crippen LogP contribution is -2.41. The smallest absolute Gasteiger partial charge is 0.0242 e. The van der Waals surface area contributed by atoms with Crippen molar-refractivity contribution in [2.24, 2.45) is 5.92 Å². The first kappa shape index (κ1) is 14.6. The monoisotopic (exact) mass is 251 g/mol. The van der Waals surface area contributed by atoms with E-state index in [1.54, 1.807) is 0 Å². The van der Waals surface area contributed by atoms with Crippen LogP contribution in [0.2, 0.25) is 0 Å². The fourth-order valence-corrected chi connectivity index (χ4v) is 2.60. The lowest BCUT2D eigenvalue weighted by molar-refractivity contribution is 0.408. The second-order valence-electron chi connectivity index (χ2n) is 5.84. The van der Waals surface area contributed by atoms with E-state index in [0.29, 0.717) is 11.2 Å². The highest BCUT2D eigenvalue weighted by molar-refractivity contribution is 8.00. The molecule has 0 bridgehead atoms. The van der Waals surface area contributed by atoms with Crippen molar-refractivity contribution in [3.8, 4) is 0 Å². The van der Waals surface area contributed by atoms with Gasteiger partial charge in [-0.25, -0.2) is 0 Å². The van der Waals surface area contributed by atoms with E-state index in [-0.39, 0.29) is 5.54 Å². The highest BCUT2D eigenvalue weighted by Crippen LogP contribution is 2.27. The molecular weight excluding hydrogens is 226 g/mol. The van der Waals surface area contributed by atoms with E-state index in [1.165, 1.54) is 4.90 Å². The van der Waals surface area contributed by atoms with Crippen LogP contribution in [0, 0.1) is 5.92 Å². The molecule has 0 aliphatic heterocycles. The molecule has 1 atom stereocenters. The first-order chi connectivity index (χ1) is 7.88. The van der Waals surface area contributed by atoms with Crippen LogP contribution in [0.4, 0.5) is 0 Å². The highest BCUT2D eigenvalue weighted by atomic mass is 32.2. The third kappa shape index (κ3) is 6.13. The molecule has 2 heteroatoms. The van der Waals surface area contributed by atoms with Crippen LogP contribution in [0.15, 0.2) is 35.2 Å². The zero-order valence-corrected chi connectivity index (χ0v) is 12.5. The van der Waals surface area contributed by atoms with E-state index in [1.807, 2.05) is 11.8 Å². The number of benzene rings is 1. The Morgan fingerprint density at radius 1 is 1.12 bits per heavy atom. The molecule has 0 aromatic heterocycles. The van der Waals surface area contributed by atoms with Crippen molar-refractivity contribution in [2.45, 2.75) is 50.3 Å². The van der Waals surface area contributed by atoms with Gasteiger partial charge >= 0.3 is 0 Å². The summed E-state index contributed by atoms with van der Waals surface area (Å²) in [6.07, 6.45) is 0. The molecule has 0 aliphatic carbocycles. The minimum absolute atomic E-state index is 0.199. The number of nitrogens with one attached hydrogen (secondary N) is 1. The largest absolute Gasteiger partial charge is 0.311 e. The summed E-state index contributed by atoms with van der Waals surface area (Å²) in [5.41, 5.74) is 0.199. The summed E-state index contributed by atoms with van der Waals surface area (Å²) in [7, 11) is 0. The van der Waals surface area contributed by atoms with Gasteiger partial charge in [-0.15, -0.1) is 11.8 Å². The minimum Gasteiger partial charge on any atom is -0.311 e. The minimum atomic E-state index is 0.199. The third-order valence-electron chi connectivity index (χ3n) is 2.61. The Morgan fingerprint density at radius 2 is 1.71 bits per heavy atom. The molecule has 1 N–H and O–H groups in total. The van der Waals surface area contributed by atoms with Gasteiger partial charge < -0.3 is 5.32 Å². The molecular formula is C15H25NS. The number of hydrogen-bond donors (Lipinski definition) is 1. The molecule has 0 heterocycles. The topological polar surface area (TPSA) is 12.0 Å². The number of rotatable bonds is 5. The van der Waals surface area contributed by atoms with Gasteiger partial charge in [0, 0.05) is 22.2 Å². The van der Waals surface area contributed by atoms with Crippen LogP contribution >= 0.6 is 11.8 Å². The van der Waals surface area contributed by atoms with Gasteiger partial charge in [0.25, 0.3) is 0 Å². The Hall–Kier alpha value is -0.470. The summed E-state index contributed by atoms with van der Waals surface area (Å²) in [5.74, 6) is 0.676. The van der Waals surface area contributed by atoms with Gasteiger partial charge in [0.05, 0.1) is 0 Å². The van der Waals surface area contributed by atoms with E-state index in [4.69, 9.17) is 0 Å².